The van der Waals surface area contributed by atoms with Crippen LogP contribution < -0.4 is 15.5 Å². The van der Waals surface area contributed by atoms with Crippen molar-refractivity contribution in [3.05, 3.63) is 48.3 Å². The number of aromatic nitrogens is 2. The Labute approximate surface area is 210 Å². The molecule has 0 saturated carbocycles. The third-order valence-corrected chi connectivity index (χ3v) is 6.01. The molecule has 0 radical (unpaired) electrons. The predicted molar refractivity (Wildman–Crippen MR) is 145 cm³/mol. The topological polar surface area (TPSA) is 60.7 Å². The van der Waals surface area contributed by atoms with Gasteiger partial charge in [0.15, 0.2) is 5.96 Å². The lowest BCUT2D eigenvalue weighted by Crippen LogP contribution is -2.51. The van der Waals surface area contributed by atoms with Crippen molar-refractivity contribution in [3.8, 4) is 0 Å². The van der Waals surface area contributed by atoms with Crippen LogP contribution in [-0.2, 0) is 13.6 Å². The van der Waals surface area contributed by atoms with E-state index in [1.165, 1.54) is 17.7 Å². The van der Waals surface area contributed by atoms with Crippen LogP contribution in [-0.4, -0.2) is 66.0 Å². The van der Waals surface area contributed by atoms with Crippen molar-refractivity contribution < 1.29 is 0 Å². The minimum atomic E-state index is 0. The number of guanidine groups is 1. The van der Waals surface area contributed by atoms with E-state index in [9.17, 15) is 0 Å². The predicted octanol–water partition coefficient (Wildman–Crippen LogP) is 3.47. The number of hydrogen-bond donors (Lipinski definition) is 2. The van der Waals surface area contributed by atoms with Crippen molar-refractivity contribution in [1.29, 1.82) is 0 Å². The summed E-state index contributed by atoms with van der Waals surface area (Å²) in [5.74, 6) is 0.929. The van der Waals surface area contributed by atoms with Gasteiger partial charge in [-0.3, -0.25) is 14.6 Å². The second kappa shape index (κ2) is 13.7. The fourth-order valence-corrected chi connectivity index (χ4v) is 4.03. The molecule has 0 bridgehead atoms. The quantitative estimate of drug-likeness (QED) is 0.283. The molecule has 0 amide bonds. The summed E-state index contributed by atoms with van der Waals surface area (Å²) in [5.41, 5.74) is 2.55. The number of nitrogens with one attached hydrogen (secondary N) is 2. The Morgan fingerprint density at radius 2 is 2.09 bits per heavy atom. The Bertz CT molecular complexity index is 808. The fraction of sp³-hybridized carbons (Fsp3) is 0.583. The maximum atomic E-state index is 4.87. The maximum Gasteiger partial charge on any atom is 0.191 e. The van der Waals surface area contributed by atoms with Gasteiger partial charge in [0.1, 0.15) is 0 Å². The number of piperidine rings is 1. The number of aliphatic imine (C=N–C) groups is 1. The van der Waals surface area contributed by atoms with Gasteiger partial charge in [-0.15, -0.1) is 24.0 Å². The van der Waals surface area contributed by atoms with E-state index in [0.29, 0.717) is 12.1 Å². The lowest BCUT2D eigenvalue weighted by atomic mass is 10.1. The zero-order valence-corrected chi connectivity index (χ0v) is 22.3. The van der Waals surface area contributed by atoms with E-state index in [2.05, 4.69) is 83.0 Å². The van der Waals surface area contributed by atoms with E-state index in [1.54, 1.807) is 0 Å². The van der Waals surface area contributed by atoms with E-state index < -0.39 is 0 Å². The molecule has 1 saturated heterocycles. The van der Waals surface area contributed by atoms with Crippen LogP contribution in [0.4, 0.5) is 5.69 Å². The number of anilines is 1. The molecule has 32 heavy (non-hydrogen) atoms. The second-order valence-corrected chi connectivity index (χ2v) is 8.60. The summed E-state index contributed by atoms with van der Waals surface area (Å²) >= 11 is 0. The van der Waals surface area contributed by atoms with E-state index in [1.807, 2.05) is 17.9 Å². The highest BCUT2D eigenvalue weighted by atomic mass is 127. The molecule has 0 spiro atoms. The molecule has 1 fully saturated rings. The first-order valence-electron chi connectivity index (χ1n) is 11.6. The summed E-state index contributed by atoms with van der Waals surface area (Å²) in [6.45, 7) is 9.12. The van der Waals surface area contributed by atoms with Gasteiger partial charge in [-0.05, 0) is 45.7 Å². The summed E-state index contributed by atoms with van der Waals surface area (Å²) < 4.78 is 1.87. The van der Waals surface area contributed by atoms with Gasteiger partial charge in [0, 0.05) is 58.1 Å². The standard InChI is InChI=1S/C24H39N7.HI/c1-5-25-24(26-14-13-20(2)29(3)17-21-10-7-6-8-11-21)28-22-12-9-15-31(18-22)23-16-27-30(4)19-23;/h6-8,10-11,16,19-20,22H,5,9,12-15,17-18H2,1-4H3,(H2,25,26,28);1H. The van der Waals surface area contributed by atoms with E-state index in [-0.39, 0.29) is 24.0 Å². The van der Waals surface area contributed by atoms with E-state index >= 15 is 0 Å². The molecule has 2 N–H and O–H groups in total. The monoisotopic (exact) mass is 553 g/mol. The molecule has 178 valence electrons. The molecule has 1 aliphatic heterocycles. The normalized spacial score (nSPS) is 17.7. The van der Waals surface area contributed by atoms with Crippen molar-refractivity contribution in [2.45, 2.75) is 51.7 Å². The minimum absolute atomic E-state index is 0. The van der Waals surface area contributed by atoms with Crippen molar-refractivity contribution in [2.75, 3.05) is 38.1 Å². The Kier molecular flexibility index (Phi) is 11.3. The summed E-state index contributed by atoms with van der Waals surface area (Å²) in [6.07, 6.45) is 7.42. The average molecular weight is 554 g/mol. The summed E-state index contributed by atoms with van der Waals surface area (Å²) in [4.78, 5) is 9.69. The first kappa shape index (κ1) is 26.4. The van der Waals surface area contributed by atoms with Gasteiger partial charge in [0.2, 0.25) is 0 Å². The van der Waals surface area contributed by atoms with Gasteiger partial charge in [0.05, 0.1) is 11.9 Å². The van der Waals surface area contributed by atoms with Crippen molar-refractivity contribution in [3.63, 3.8) is 0 Å². The SMILES string of the molecule is CCNC(=NCCC(C)N(C)Cc1ccccc1)NC1CCCN(c2cnn(C)c2)C1.I. The van der Waals surface area contributed by atoms with Crippen molar-refractivity contribution in [2.24, 2.45) is 12.0 Å². The van der Waals surface area contributed by atoms with Crippen LogP contribution in [0.1, 0.15) is 38.7 Å². The van der Waals surface area contributed by atoms with Gasteiger partial charge in [-0.25, -0.2) is 0 Å². The minimum Gasteiger partial charge on any atom is -0.367 e. The largest absolute Gasteiger partial charge is 0.367 e. The molecule has 8 heteroatoms. The highest BCUT2D eigenvalue weighted by Crippen LogP contribution is 2.19. The average Bonchev–Trinajstić information content (AvgIpc) is 3.21. The Hall–Kier alpha value is -1.81. The first-order valence-corrected chi connectivity index (χ1v) is 11.6. The van der Waals surface area contributed by atoms with Crippen LogP contribution in [0.25, 0.3) is 0 Å². The fourth-order valence-electron chi connectivity index (χ4n) is 4.03. The molecule has 2 aromatic rings. The number of rotatable bonds is 9. The lowest BCUT2D eigenvalue weighted by Gasteiger charge is -2.34. The van der Waals surface area contributed by atoms with Gasteiger partial charge in [0.25, 0.3) is 0 Å². The molecular weight excluding hydrogens is 513 g/mol. The van der Waals surface area contributed by atoms with Crippen LogP contribution >= 0.6 is 24.0 Å². The van der Waals surface area contributed by atoms with Gasteiger partial charge in [-0.2, -0.15) is 5.10 Å². The number of benzene rings is 1. The highest BCUT2D eigenvalue weighted by Gasteiger charge is 2.21. The Balaban J connectivity index is 0.00000363. The molecule has 1 aliphatic rings. The molecular formula is C24H40IN7. The number of nitrogens with zero attached hydrogens (tertiary/aromatic N) is 5. The van der Waals surface area contributed by atoms with Crippen LogP contribution in [0.3, 0.4) is 0 Å². The highest BCUT2D eigenvalue weighted by molar-refractivity contribution is 14.0. The third-order valence-electron chi connectivity index (χ3n) is 6.01. The van der Waals surface area contributed by atoms with Crippen molar-refractivity contribution >= 4 is 35.6 Å². The second-order valence-electron chi connectivity index (χ2n) is 8.60. The Morgan fingerprint density at radius 3 is 2.78 bits per heavy atom. The molecule has 2 heterocycles. The first-order chi connectivity index (χ1) is 15.0. The zero-order chi connectivity index (χ0) is 22.1. The van der Waals surface area contributed by atoms with Gasteiger partial charge < -0.3 is 15.5 Å². The molecule has 2 atom stereocenters. The summed E-state index contributed by atoms with van der Waals surface area (Å²) in [5, 5.41) is 11.4. The smallest absolute Gasteiger partial charge is 0.191 e. The van der Waals surface area contributed by atoms with Gasteiger partial charge >= 0.3 is 0 Å². The molecule has 1 aromatic carbocycles. The molecule has 3 rings (SSSR count). The van der Waals surface area contributed by atoms with Crippen LogP contribution in [0.15, 0.2) is 47.7 Å². The van der Waals surface area contributed by atoms with E-state index in [0.717, 1.165) is 51.5 Å². The summed E-state index contributed by atoms with van der Waals surface area (Å²) in [7, 11) is 4.16. The molecule has 7 nitrogen and oxygen atoms in total. The van der Waals surface area contributed by atoms with Crippen LogP contribution in [0.5, 0.6) is 0 Å². The van der Waals surface area contributed by atoms with Gasteiger partial charge in [-0.1, -0.05) is 30.3 Å². The number of hydrogen-bond acceptors (Lipinski definition) is 4. The van der Waals surface area contributed by atoms with Crippen LogP contribution in [0, 0.1) is 0 Å². The van der Waals surface area contributed by atoms with Crippen molar-refractivity contribution in [1.82, 2.24) is 25.3 Å². The zero-order valence-electron chi connectivity index (χ0n) is 20.0. The molecule has 0 aliphatic carbocycles. The summed E-state index contributed by atoms with van der Waals surface area (Å²) in [6, 6.07) is 11.5. The van der Waals surface area contributed by atoms with E-state index in [4.69, 9.17) is 4.99 Å². The number of aryl methyl sites for hydroxylation is 1. The Morgan fingerprint density at radius 1 is 1.31 bits per heavy atom. The van der Waals surface area contributed by atoms with Crippen LogP contribution in [0.2, 0.25) is 0 Å². The maximum absolute atomic E-state index is 4.87. The number of halogens is 1. The lowest BCUT2D eigenvalue weighted by molar-refractivity contribution is 0.240. The molecule has 1 aromatic heterocycles. The third kappa shape index (κ3) is 8.27. The molecule has 2 unspecified atom stereocenters.